The molecule has 0 spiro atoms. The lowest BCUT2D eigenvalue weighted by Crippen LogP contribution is -2.46. The second-order valence-corrected chi connectivity index (χ2v) is 17.8. The number of allylic oxidation sites excluding steroid dienone is 2. The summed E-state index contributed by atoms with van der Waals surface area (Å²) in [4.78, 5) is 22.8. The van der Waals surface area contributed by atoms with Crippen LogP contribution < -0.4 is 11.1 Å². The van der Waals surface area contributed by atoms with Crippen molar-refractivity contribution in [2.45, 2.75) is 257 Å². The van der Waals surface area contributed by atoms with Crippen LogP contribution in [0.15, 0.2) is 12.2 Å². The highest BCUT2D eigenvalue weighted by Gasteiger charge is 2.27. The first-order valence-electron chi connectivity index (χ1n) is 23.8. The second-order valence-electron chi connectivity index (χ2n) is 16.3. The van der Waals surface area contributed by atoms with E-state index in [-0.39, 0.29) is 25.7 Å². The quantitative estimate of drug-likeness (QED) is 0.0274. The number of phosphoric ester groups is 1. The number of nitrogens with two attached hydrogens (primary N) is 1. The van der Waals surface area contributed by atoms with Crippen molar-refractivity contribution in [2.24, 2.45) is 5.73 Å². The lowest BCUT2D eigenvalue weighted by atomic mass is 10.0. The number of hydrogen-bond acceptors (Lipinski definition) is 6. The second kappa shape index (κ2) is 42.8. The van der Waals surface area contributed by atoms with Crippen LogP contribution in [0.5, 0.6) is 0 Å². The van der Waals surface area contributed by atoms with Gasteiger partial charge in [-0.1, -0.05) is 212 Å². The van der Waals surface area contributed by atoms with Gasteiger partial charge in [-0.05, 0) is 38.5 Å². The van der Waals surface area contributed by atoms with Gasteiger partial charge < -0.3 is 21.1 Å². The predicted octanol–water partition coefficient (Wildman–Crippen LogP) is 13.6. The summed E-state index contributed by atoms with van der Waals surface area (Å²) < 4.78 is 22.2. The topological polar surface area (TPSA) is 131 Å². The molecule has 0 saturated heterocycles. The van der Waals surface area contributed by atoms with Gasteiger partial charge in [-0.15, -0.1) is 0 Å². The monoisotopic (exact) mass is 801 g/mol. The smallest absolute Gasteiger partial charge is 0.391 e. The maximum atomic E-state index is 12.8. The molecule has 0 rings (SSSR count). The summed E-state index contributed by atoms with van der Waals surface area (Å²) in [6, 6.07) is -0.772. The molecule has 0 aromatic rings. The molecule has 55 heavy (non-hydrogen) atoms. The van der Waals surface area contributed by atoms with E-state index in [2.05, 4.69) is 31.3 Å². The van der Waals surface area contributed by atoms with Crippen molar-refractivity contribution in [3.8, 4) is 0 Å². The molecule has 0 aliphatic rings. The Morgan fingerprint density at radius 1 is 0.582 bits per heavy atom. The van der Waals surface area contributed by atoms with Gasteiger partial charge in [0.05, 0.1) is 25.4 Å². The van der Waals surface area contributed by atoms with Crippen molar-refractivity contribution in [3.63, 3.8) is 0 Å². The van der Waals surface area contributed by atoms with E-state index in [0.29, 0.717) is 12.8 Å². The van der Waals surface area contributed by atoms with Crippen LogP contribution >= 0.6 is 7.82 Å². The molecule has 0 heterocycles. The number of aliphatic hydroxyl groups is 1. The fourth-order valence-corrected chi connectivity index (χ4v) is 8.01. The molecule has 1 amide bonds. The Labute approximate surface area is 341 Å². The molecule has 0 aliphatic carbocycles. The van der Waals surface area contributed by atoms with E-state index < -0.39 is 20.0 Å². The summed E-state index contributed by atoms with van der Waals surface area (Å²) in [5.41, 5.74) is 5.39. The molecule has 0 aliphatic heterocycles. The van der Waals surface area contributed by atoms with Gasteiger partial charge in [0.15, 0.2) is 0 Å². The standard InChI is InChI=1S/C46H93N2O6P/c1-3-5-7-9-11-13-15-17-19-20-21-22-23-24-26-28-30-32-34-36-38-40-46(50)48-44(43-54-55(51,52)53-42-41-47)45(49)39-37-35-33-31-29-27-25-18-16-14-12-10-8-6-4-2/h20-21,44-45,49H,3-19,22-43,47H2,1-2H3,(H,48,50)(H,51,52)/b21-20-. The van der Waals surface area contributed by atoms with E-state index in [0.717, 1.165) is 38.5 Å². The first-order valence-corrected chi connectivity index (χ1v) is 25.3. The summed E-state index contributed by atoms with van der Waals surface area (Å²) in [5.74, 6) is -0.161. The third kappa shape index (κ3) is 41.2. The van der Waals surface area contributed by atoms with Gasteiger partial charge in [-0.25, -0.2) is 4.57 Å². The van der Waals surface area contributed by atoms with Crippen LogP contribution in [0.4, 0.5) is 0 Å². The molecule has 0 radical (unpaired) electrons. The van der Waals surface area contributed by atoms with Crippen LogP contribution in [0.1, 0.15) is 245 Å². The Hall–Kier alpha value is -0.760. The minimum absolute atomic E-state index is 0.0905. The number of amides is 1. The number of carbonyl (C=O) groups excluding carboxylic acids is 1. The van der Waals surface area contributed by atoms with Crippen molar-refractivity contribution in [1.29, 1.82) is 0 Å². The highest BCUT2D eigenvalue weighted by Crippen LogP contribution is 2.43. The lowest BCUT2D eigenvalue weighted by molar-refractivity contribution is -0.123. The van der Waals surface area contributed by atoms with Crippen LogP contribution in [0.3, 0.4) is 0 Å². The number of carbonyl (C=O) groups is 1. The fraction of sp³-hybridized carbons (Fsp3) is 0.935. The van der Waals surface area contributed by atoms with Crippen molar-refractivity contribution in [3.05, 3.63) is 12.2 Å². The predicted molar refractivity (Wildman–Crippen MR) is 235 cm³/mol. The molecule has 9 heteroatoms. The Bertz CT molecular complexity index is 875. The van der Waals surface area contributed by atoms with E-state index in [1.807, 2.05) is 0 Å². The van der Waals surface area contributed by atoms with Crippen molar-refractivity contribution in [2.75, 3.05) is 19.8 Å². The fourth-order valence-electron chi connectivity index (χ4n) is 7.25. The number of hydrogen-bond donors (Lipinski definition) is 4. The molecule has 0 saturated carbocycles. The number of phosphoric acid groups is 1. The summed E-state index contributed by atoms with van der Waals surface area (Å²) in [7, 11) is -4.31. The average Bonchev–Trinajstić information content (AvgIpc) is 3.17. The SMILES string of the molecule is CCCCCCCCCC/C=C\CCCCCCCCCCCC(=O)NC(COP(=O)(O)OCCN)C(O)CCCCCCCCCCCCCCCCC. The van der Waals surface area contributed by atoms with Crippen molar-refractivity contribution in [1.82, 2.24) is 5.32 Å². The zero-order chi connectivity index (χ0) is 40.3. The minimum Gasteiger partial charge on any atom is -0.391 e. The van der Waals surface area contributed by atoms with E-state index in [1.165, 1.54) is 180 Å². The summed E-state index contributed by atoms with van der Waals surface area (Å²) in [5, 5.41) is 13.8. The maximum absolute atomic E-state index is 12.8. The van der Waals surface area contributed by atoms with Gasteiger partial charge in [-0.2, -0.15) is 0 Å². The Kier molecular flexibility index (Phi) is 42.2. The Morgan fingerprint density at radius 3 is 1.35 bits per heavy atom. The van der Waals surface area contributed by atoms with Crippen LogP contribution in [0.2, 0.25) is 0 Å². The molecule has 3 atom stereocenters. The summed E-state index contributed by atoms with van der Waals surface area (Å²) >= 11 is 0. The largest absolute Gasteiger partial charge is 0.472 e. The molecule has 0 fully saturated rings. The van der Waals surface area contributed by atoms with Gasteiger partial charge >= 0.3 is 7.82 Å². The van der Waals surface area contributed by atoms with E-state index in [1.54, 1.807) is 0 Å². The zero-order valence-electron chi connectivity index (χ0n) is 36.4. The van der Waals surface area contributed by atoms with Crippen LogP contribution in [0, 0.1) is 0 Å². The van der Waals surface area contributed by atoms with Gasteiger partial charge in [0.2, 0.25) is 5.91 Å². The molecular formula is C46H93N2O6P. The molecule has 3 unspecified atom stereocenters. The Morgan fingerprint density at radius 2 is 0.945 bits per heavy atom. The normalized spacial score (nSPS) is 14.1. The number of aliphatic hydroxyl groups excluding tert-OH is 1. The highest BCUT2D eigenvalue weighted by atomic mass is 31.2. The van der Waals surface area contributed by atoms with Crippen molar-refractivity contribution >= 4 is 13.7 Å². The maximum Gasteiger partial charge on any atom is 0.472 e. The molecule has 0 bridgehead atoms. The van der Waals surface area contributed by atoms with Crippen LogP contribution in [-0.4, -0.2) is 47.8 Å². The average molecular weight is 801 g/mol. The van der Waals surface area contributed by atoms with Gasteiger partial charge in [-0.3, -0.25) is 13.8 Å². The molecule has 328 valence electrons. The first kappa shape index (κ1) is 54.2. The third-order valence-corrected chi connectivity index (χ3v) is 11.9. The number of rotatable bonds is 45. The van der Waals surface area contributed by atoms with Crippen LogP contribution in [-0.2, 0) is 18.4 Å². The van der Waals surface area contributed by atoms with E-state index in [4.69, 9.17) is 14.8 Å². The molecule has 0 aromatic heterocycles. The lowest BCUT2D eigenvalue weighted by Gasteiger charge is -2.25. The molecule has 8 nitrogen and oxygen atoms in total. The molecule has 0 aromatic carbocycles. The first-order chi connectivity index (χ1) is 26.9. The van der Waals surface area contributed by atoms with Crippen LogP contribution in [0.25, 0.3) is 0 Å². The van der Waals surface area contributed by atoms with Gasteiger partial charge in [0, 0.05) is 13.0 Å². The molecule has 5 N–H and O–H groups in total. The van der Waals surface area contributed by atoms with E-state index in [9.17, 15) is 19.4 Å². The zero-order valence-corrected chi connectivity index (χ0v) is 37.3. The third-order valence-electron chi connectivity index (χ3n) is 10.9. The number of unbranched alkanes of at least 4 members (excludes halogenated alkanes) is 31. The number of nitrogens with one attached hydrogen (secondary N) is 1. The summed E-state index contributed by atoms with van der Waals surface area (Å²) in [6.45, 7) is 4.23. The summed E-state index contributed by atoms with van der Waals surface area (Å²) in [6.07, 6.45) is 47.9. The van der Waals surface area contributed by atoms with E-state index >= 15 is 0 Å². The highest BCUT2D eigenvalue weighted by molar-refractivity contribution is 7.47. The Balaban J connectivity index is 4.06. The van der Waals surface area contributed by atoms with Gasteiger partial charge in [0.1, 0.15) is 0 Å². The minimum atomic E-state index is -4.31. The van der Waals surface area contributed by atoms with Gasteiger partial charge in [0.25, 0.3) is 0 Å². The molecular weight excluding hydrogens is 707 g/mol. The van der Waals surface area contributed by atoms with Crippen molar-refractivity contribution < 1.29 is 28.4 Å².